The maximum atomic E-state index is 13.4. The third-order valence-electron chi connectivity index (χ3n) is 2.36. The summed E-state index contributed by atoms with van der Waals surface area (Å²) in [6, 6.07) is 4.32. The summed E-state index contributed by atoms with van der Waals surface area (Å²) in [5, 5.41) is 3.05. The van der Waals surface area contributed by atoms with Crippen LogP contribution in [0.5, 0.6) is 0 Å². The summed E-state index contributed by atoms with van der Waals surface area (Å²) in [5.41, 5.74) is 0.360. The minimum atomic E-state index is -0.771. The molecule has 0 aromatic heterocycles. The molecule has 0 fully saturated rings. The van der Waals surface area contributed by atoms with Crippen molar-refractivity contribution >= 4 is 0 Å². The number of rotatable bonds is 4. The molecule has 0 radical (unpaired) electrons. The summed E-state index contributed by atoms with van der Waals surface area (Å²) in [7, 11) is 1.85. The Kier molecular flexibility index (Phi) is 3.80. The van der Waals surface area contributed by atoms with E-state index in [2.05, 4.69) is 5.32 Å². The van der Waals surface area contributed by atoms with Gasteiger partial charge in [-0.2, -0.15) is 0 Å². The fraction of sp³-hybridized carbons (Fsp3) is 0.500. The second-order valence-corrected chi connectivity index (χ2v) is 4.58. The van der Waals surface area contributed by atoms with Crippen molar-refractivity contribution in [2.45, 2.75) is 20.3 Å². The van der Waals surface area contributed by atoms with E-state index in [0.717, 1.165) is 12.6 Å². The van der Waals surface area contributed by atoms with Crippen LogP contribution in [0.1, 0.15) is 19.4 Å². The molecule has 0 atom stereocenters. The van der Waals surface area contributed by atoms with E-state index in [-0.39, 0.29) is 5.41 Å². The molecule has 84 valence electrons. The van der Waals surface area contributed by atoms with Crippen LogP contribution in [-0.4, -0.2) is 13.6 Å². The van der Waals surface area contributed by atoms with Gasteiger partial charge in [0.25, 0.3) is 0 Å². The molecule has 0 saturated heterocycles. The lowest BCUT2D eigenvalue weighted by atomic mass is 9.85. The molecular formula is C12H17F2N. The Morgan fingerprint density at radius 2 is 1.93 bits per heavy atom. The van der Waals surface area contributed by atoms with Gasteiger partial charge in [0.1, 0.15) is 0 Å². The Hall–Kier alpha value is -0.960. The lowest BCUT2D eigenvalue weighted by molar-refractivity contribution is 0.342. The highest BCUT2D eigenvalue weighted by molar-refractivity contribution is 5.20. The number of hydrogen-bond donors (Lipinski definition) is 1. The molecule has 0 aliphatic rings. The van der Waals surface area contributed by atoms with Gasteiger partial charge in [-0.25, -0.2) is 8.78 Å². The van der Waals surface area contributed by atoms with Crippen LogP contribution in [0.25, 0.3) is 0 Å². The zero-order chi connectivity index (χ0) is 11.5. The Morgan fingerprint density at radius 1 is 1.27 bits per heavy atom. The van der Waals surface area contributed by atoms with Crippen molar-refractivity contribution in [2.75, 3.05) is 13.6 Å². The Balaban J connectivity index is 2.85. The smallest absolute Gasteiger partial charge is 0.162 e. The van der Waals surface area contributed by atoms with Gasteiger partial charge in [0.2, 0.25) is 0 Å². The second-order valence-electron chi connectivity index (χ2n) is 4.58. The van der Waals surface area contributed by atoms with Crippen LogP contribution in [0.15, 0.2) is 18.2 Å². The van der Waals surface area contributed by atoms with Crippen molar-refractivity contribution in [3.63, 3.8) is 0 Å². The average Bonchev–Trinajstić information content (AvgIpc) is 2.12. The van der Waals surface area contributed by atoms with Gasteiger partial charge in [0.15, 0.2) is 11.6 Å². The molecule has 0 aliphatic heterocycles. The minimum Gasteiger partial charge on any atom is -0.319 e. The zero-order valence-electron chi connectivity index (χ0n) is 9.40. The average molecular weight is 213 g/mol. The first-order valence-corrected chi connectivity index (χ1v) is 5.04. The predicted molar refractivity (Wildman–Crippen MR) is 57.8 cm³/mol. The third kappa shape index (κ3) is 3.27. The van der Waals surface area contributed by atoms with Crippen molar-refractivity contribution in [2.24, 2.45) is 5.41 Å². The fourth-order valence-corrected chi connectivity index (χ4v) is 1.74. The molecule has 1 rings (SSSR count). The van der Waals surface area contributed by atoms with E-state index in [4.69, 9.17) is 0 Å². The molecule has 1 nitrogen and oxygen atoms in total. The molecule has 15 heavy (non-hydrogen) atoms. The largest absolute Gasteiger partial charge is 0.319 e. The van der Waals surface area contributed by atoms with Gasteiger partial charge in [-0.05, 0) is 30.5 Å². The monoisotopic (exact) mass is 213 g/mol. The number of hydrogen-bond acceptors (Lipinski definition) is 1. The van der Waals surface area contributed by atoms with Crippen LogP contribution in [0.4, 0.5) is 8.78 Å². The molecule has 0 heterocycles. The summed E-state index contributed by atoms with van der Waals surface area (Å²) in [4.78, 5) is 0. The van der Waals surface area contributed by atoms with Gasteiger partial charge >= 0.3 is 0 Å². The van der Waals surface area contributed by atoms with Gasteiger partial charge in [-0.1, -0.05) is 26.0 Å². The van der Waals surface area contributed by atoms with Crippen LogP contribution in [0.2, 0.25) is 0 Å². The summed E-state index contributed by atoms with van der Waals surface area (Å²) in [6.07, 6.45) is 0.525. The molecule has 0 saturated carbocycles. The maximum Gasteiger partial charge on any atom is 0.162 e. The molecular weight excluding hydrogens is 196 g/mol. The van der Waals surface area contributed by atoms with Crippen LogP contribution >= 0.6 is 0 Å². The first-order chi connectivity index (χ1) is 6.96. The van der Waals surface area contributed by atoms with E-state index < -0.39 is 11.6 Å². The number of benzene rings is 1. The lowest BCUT2D eigenvalue weighted by Gasteiger charge is -2.24. The van der Waals surface area contributed by atoms with E-state index in [9.17, 15) is 8.78 Å². The van der Waals surface area contributed by atoms with Crippen LogP contribution in [-0.2, 0) is 6.42 Å². The van der Waals surface area contributed by atoms with Crippen LogP contribution in [0.3, 0.4) is 0 Å². The molecule has 0 amide bonds. The second kappa shape index (κ2) is 4.71. The lowest BCUT2D eigenvalue weighted by Crippen LogP contribution is -2.29. The highest BCUT2D eigenvalue weighted by Gasteiger charge is 2.20. The third-order valence-corrected chi connectivity index (χ3v) is 2.36. The molecule has 3 heteroatoms. The van der Waals surface area contributed by atoms with Crippen molar-refractivity contribution in [1.82, 2.24) is 5.32 Å². The summed E-state index contributed by atoms with van der Waals surface area (Å²) in [6.45, 7) is 4.81. The first kappa shape index (κ1) is 12.1. The van der Waals surface area contributed by atoms with Crippen LogP contribution < -0.4 is 5.32 Å². The quantitative estimate of drug-likeness (QED) is 0.811. The zero-order valence-corrected chi connectivity index (χ0v) is 9.40. The predicted octanol–water partition coefficient (Wildman–Crippen LogP) is 2.75. The molecule has 0 spiro atoms. The fourth-order valence-electron chi connectivity index (χ4n) is 1.74. The van der Waals surface area contributed by atoms with Gasteiger partial charge in [-0.15, -0.1) is 0 Å². The Bertz CT molecular complexity index is 334. The first-order valence-electron chi connectivity index (χ1n) is 5.04. The van der Waals surface area contributed by atoms with Crippen molar-refractivity contribution in [1.29, 1.82) is 0 Å². The number of halogens is 2. The van der Waals surface area contributed by atoms with E-state index in [1.165, 1.54) is 0 Å². The van der Waals surface area contributed by atoms with E-state index in [1.807, 2.05) is 20.9 Å². The van der Waals surface area contributed by atoms with Crippen LogP contribution in [0, 0.1) is 17.0 Å². The molecule has 0 aliphatic carbocycles. The molecule has 0 bridgehead atoms. The van der Waals surface area contributed by atoms with E-state index in [0.29, 0.717) is 12.0 Å². The maximum absolute atomic E-state index is 13.4. The van der Waals surface area contributed by atoms with Crippen molar-refractivity contribution in [3.8, 4) is 0 Å². The Labute approximate surface area is 89.5 Å². The summed E-state index contributed by atoms with van der Waals surface area (Å²) in [5.74, 6) is -1.49. The van der Waals surface area contributed by atoms with Gasteiger partial charge in [-0.3, -0.25) is 0 Å². The Morgan fingerprint density at radius 3 is 2.53 bits per heavy atom. The highest BCUT2D eigenvalue weighted by atomic mass is 19.2. The molecule has 1 aromatic carbocycles. The number of nitrogens with one attached hydrogen (secondary N) is 1. The van der Waals surface area contributed by atoms with Gasteiger partial charge < -0.3 is 5.32 Å². The SMILES string of the molecule is CNCC(C)(C)Cc1cccc(F)c1F. The van der Waals surface area contributed by atoms with Crippen molar-refractivity contribution < 1.29 is 8.78 Å². The topological polar surface area (TPSA) is 12.0 Å². The van der Waals surface area contributed by atoms with E-state index in [1.54, 1.807) is 12.1 Å². The standard InChI is InChI=1S/C12H17F2N/c1-12(2,8-15-3)7-9-5-4-6-10(13)11(9)14/h4-6,15H,7-8H2,1-3H3. The van der Waals surface area contributed by atoms with E-state index >= 15 is 0 Å². The molecule has 1 aromatic rings. The highest BCUT2D eigenvalue weighted by Crippen LogP contribution is 2.23. The summed E-state index contributed by atoms with van der Waals surface area (Å²) >= 11 is 0. The summed E-state index contributed by atoms with van der Waals surface area (Å²) < 4.78 is 26.3. The minimum absolute atomic E-state index is 0.0800. The normalized spacial score (nSPS) is 11.8. The molecule has 0 unspecified atom stereocenters. The van der Waals surface area contributed by atoms with Gasteiger partial charge in [0, 0.05) is 6.54 Å². The molecule has 1 N–H and O–H groups in total. The van der Waals surface area contributed by atoms with Crippen molar-refractivity contribution in [3.05, 3.63) is 35.4 Å². The van der Waals surface area contributed by atoms with Gasteiger partial charge in [0.05, 0.1) is 0 Å².